The van der Waals surface area contributed by atoms with Crippen molar-refractivity contribution < 1.29 is 4.74 Å². The Kier molecular flexibility index (Phi) is 5.14. The molecule has 0 saturated heterocycles. The highest BCUT2D eigenvalue weighted by atomic mass is 35.5. The van der Waals surface area contributed by atoms with Crippen molar-refractivity contribution in [1.29, 1.82) is 0 Å². The lowest BCUT2D eigenvalue weighted by Crippen LogP contribution is -2.05. The smallest absolute Gasteiger partial charge is 0.128 e. The fraction of sp³-hybridized carbons (Fsp3) is 0.200. The minimum Gasteiger partial charge on any atom is -0.457 e. The molecule has 0 atom stereocenters. The van der Waals surface area contributed by atoms with E-state index < -0.39 is 0 Å². The van der Waals surface area contributed by atoms with Crippen molar-refractivity contribution in [2.24, 2.45) is 0 Å². The molecular formula is C15H16ClNOS. The quantitative estimate of drug-likeness (QED) is 0.816. The zero-order valence-corrected chi connectivity index (χ0v) is 12.5. The Labute approximate surface area is 123 Å². The molecule has 0 spiro atoms. The van der Waals surface area contributed by atoms with E-state index in [0.29, 0.717) is 5.02 Å². The molecule has 2 nitrogen and oxygen atoms in total. The van der Waals surface area contributed by atoms with Crippen LogP contribution < -0.4 is 10.1 Å². The molecule has 2 aromatic rings. The van der Waals surface area contributed by atoms with Gasteiger partial charge in [-0.05, 0) is 55.3 Å². The number of thioether (sulfide) groups is 1. The van der Waals surface area contributed by atoms with E-state index in [1.54, 1.807) is 11.8 Å². The fourth-order valence-corrected chi connectivity index (χ4v) is 2.35. The van der Waals surface area contributed by atoms with Gasteiger partial charge in [0.15, 0.2) is 0 Å². The topological polar surface area (TPSA) is 21.3 Å². The van der Waals surface area contributed by atoms with Gasteiger partial charge < -0.3 is 10.1 Å². The molecule has 0 aliphatic carbocycles. The molecule has 0 unspecified atom stereocenters. The molecule has 0 fully saturated rings. The van der Waals surface area contributed by atoms with Gasteiger partial charge in [0.25, 0.3) is 0 Å². The molecule has 100 valence electrons. The Bertz CT molecular complexity index is 542. The molecule has 2 aromatic carbocycles. The first-order valence-electron chi connectivity index (χ1n) is 5.98. The maximum Gasteiger partial charge on any atom is 0.128 e. The monoisotopic (exact) mass is 293 g/mol. The number of nitrogens with one attached hydrogen (secondary N) is 1. The van der Waals surface area contributed by atoms with Gasteiger partial charge in [0.05, 0.1) is 0 Å². The lowest BCUT2D eigenvalue weighted by Gasteiger charge is -2.09. The van der Waals surface area contributed by atoms with Crippen LogP contribution >= 0.6 is 23.4 Å². The second-order valence-corrected chi connectivity index (χ2v) is 5.35. The summed E-state index contributed by atoms with van der Waals surface area (Å²) >= 11 is 7.91. The third-order valence-corrected chi connectivity index (χ3v) is 3.78. The summed E-state index contributed by atoms with van der Waals surface area (Å²) in [4.78, 5) is 1.22. The normalized spacial score (nSPS) is 10.5. The van der Waals surface area contributed by atoms with Crippen molar-refractivity contribution in [2.45, 2.75) is 11.4 Å². The van der Waals surface area contributed by atoms with Crippen LogP contribution in [-0.4, -0.2) is 13.3 Å². The second-order valence-electron chi connectivity index (χ2n) is 4.06. The predicted octanol–water partition coefficient (Wildman–Crippen LogP) is 4.57. The van der Waals surface area contributed by atoms with Gasteiger partial charge in [0, 0.05) is 16.5 Å². The largest absolute Gasteiger partial charge is 0.457 e. The second kappa shape index (κ2) is 6.85. The van der Waals surface area contributed by atoms with Gasteiger partial charge in [0.1, 0.15) is 11.5 Å². The minimum absolute atomic E-state index is 0.715. The third kappa shape index (κ3) is 3.90. The zero-order valence-electron chi connectivity index (χ0n) is 10.9. The van der Waals surface area contributed by atoms with Crippen molar-refractivity contribution in [1.82, 2.24) is 5.32 Å². The molecule has 4 heteroatoms. The van der Waals surface area contributed by atoms with E-state index in [1.807, 2.05) is 49.5 Å². The molecule has 0 aromatic heterocycles. The number of hydrogen-bond acceptors (Lipinski definition) is 3. The molecule has 0 amide bonds. The van der Waals surface area contributed by atoms with E-state index in [4.69, 9.17) is 16.3 Å². The molecule has 1 N–H and O–H groups in total. The highest BCUT2D eigenvalue weighted by Gasteiger charge is 2.03. The SMILES string of the molecule is CNCc1ccc(Oc2ccc(SC)cc2)cc1Cl. The highest BCUT2D eigenvalue weighted by Crippen LogP contribution is 2.28. The van der Waals surface area contributed by atoms with E-state index in [-0.39, 0.29) is 0 Å². The van der Waals surface area contributed by atoms with Crippen LogP contribution in [0.2, 0.25) is 5.02 Å². The van der Waals surface area contributed by atoms with Gasteiger partial charge >= 0.3 is 0 Å². The first-order chi connectivity index (χ1) is 9.22. The summed E-state index contributed by atoms with van der Waals surface area (Å²) in [5, 5.41) is 3.79. The summed E-state index contributed by atoms with van der Waals surface area (Å²) in [5.41, 5.74) is 1.06. The molecule has 2 rings (SSSR count). The molecule has 0 heterocycles. The van der Waals surface area contributed by atoms with Crippen molar-refractivity contribution in [3.05, 3.63) is 53.1 Å². The average Bonchev–Trinajstić information content (AvgIpc) is 2.43. The van der Waals surface area contributed by atoms with Gasteiger partial charge in [-0.2, -0.15) is 0 Å². The molecule has 0 aliphatic heterocycles. The van der Waals surface area contributed by atoms with E-state index >= 15 is 0 Å². The summed E-state index contributed by atoms with van der Waals surface area (Å²) in [6.45, 7) is 0.752. The van der Waals surface area contributed by atoms with Gasteiger partial charge in [-0.3, -0.25) is 0 Å². The number of rotatable bonds is 5. The van der Waals surface area contributed by atoms with Gasteiger partial charge in [-0.1, -0.05) is 17.7 Å². The molecule has 0 saturated carbocycles. The number of benzene rings is 2. The van der Waals surface area contributed by atoms with Crippen LogP contribution in [0.3, 0.4) is 0 Å². The molecular weight excluding hydrogens is 278 g/mol. The van der Waals surface area contributed by atoms with Crippen LogP contribution in [-0.2, 0) is 6.54 Å². The zero-order chi connectivity index (χ0) is 13.7. The molecule has 19 heavy (non-hydrogen) atoms. The van der Waals surface area contributed by atoms with Crippen molar-refractivity contribution >= 4 is 23.4 Å². The van der Waals surface area contributed by atoms with Crippen LogP contribution in [0.25, 0.3) is 0 Å². The predicted molar refractivity (Wildman–Crippen MR) is 82.5 cm³/mol. The van der Waals surface area contributed by atoms with Crippen LogP contribution in [0, 0.1) is 0 Å². The molecule has 0 bridgehead atoms. The Balaban J connectivity index is 2.11. The standard InChI is InChI=1S/C15H16ClNOS/c1-17-10-11-3-4-13(9-15(11)16)18-12-5-7-14(19-2)8-6-12/h3-9,17H,10H2,1-2H3. The minimum atomic E-state index is 0.715. The Morgan fingerprint density at radius 1 is 1.11 bits per heavy atom. The van der Waals surface area contributed by atoms with E-state index in [1.165, 1.54) is 4.90 Å². The first kappa shape index (κ1) is 14.3. The van der Waals surface area contributed by atoms with E-state index in [9.17, 15) is 0 Å². The summed E-state index contributed by atoms with van der Waals surface area (Å²) in [6.07, 6.45) is 2.05. The average molecular weight is 294 g/mol. The summed E-state index contributed by atoms with van der Waals surface area (Å²) in [5.74, 6) is 1.57. The summed E-state index contributed by atoms with van der Waals surface area (Å²) in [7, 11) is 1.90. The Morgan fingerprint density at radius 2 is 1.79 bits per heavy atom. The lowest BCUT2D eigenvalue weighted by atomic mass is 10.2. The van der Waals surface area contributed by atoms with E-state index in [2.05, 4.69) is 11.6 Å². The van der Waals surface area contributed by atoms with E-state index in [0.717, 1.165) is 23.6 Å². The Morgan fingerprint density at radius 3 is 2.37 bits per heavy atom. The van der Waals surface area contributed by atoms with Crippen molar-refractivity contribution in [2.75, 3.05) is 13.3 Å². The van der Waals surface area contributed by atoms with Gasteiger partial charge in [-0.25, -0.2) is 0 Å². The third-order valence-electron chi connectivity index (χ3n) is 2.69. The first-order valence-corrected chi connectivity index (χ1v) is 7.58. The maximum absolute atomic E-state index is 6.20. The van der Waals surface area contributed by atoms with Gasteiger partial charge in [-0.15, -0.1) is 11.8 Å². The fourth-order valence-electron chi connectivity index (χ4n) is 1.71. The van der Waals surface area contributed by atoms with Crippen molar-refractivity contribution in [3.8, 4) is 11.5 Å². The summed E-state index contributed by atoms with van der Waals surface area (Å²) in [6, 6.07) is 13.7. The van der Waals surface area contributed by atoms with Crippen LogP contribution in [0.5, 0.6) is 11.5 Å². The maximum atomic E-state index is 6.20. The number of halogens is 1. The van der Waals surface area contributed by atoms with Crippen LogP contribution in [0.4, 0.5) is 0 Å². The molecule has 0 aliphatic rings. The molecule has 0 radical (unpaired) electrons. The number of hydrogen-bond donors (Lipinski definition) is 1. The van der Waals surface area contributed by atoms with Crippen LogP contribution in [0.1, 0.15) is 5.56 Å². The van der Waals surface area contributed by atoms with Crippen LogP contribution in [0.15, 0.2) is 47.4 Å². The van der Waals surface area contributed by atoms with Crippen molar-refractivity contribution in [3.63, 3.8) is 0 Å². The Hall–Kier alpha value is -1.16. The summed E-state index contributed by atoms with van der Waals surface area (Å²) < 4.78 is 5.78. The van der Waals surface area contributed by atoms with Gasteiger partial charge in [0.2, 0.25) is 0 Å². The number of ether oxygens (including phenoxy) is 1. The highest BCUT2D eigenvalue weighted by molar-refractivity contribution is 7.98. The lowest BCUT2D eigenvalue weighted by molar-refractivity contribution is 0.482.